The van der Waals surface area contributed by atoms with E-state index in [-0.39, 0.29) is 0 Å². The van der Waals surface area contributed by atoms with Crippen molar-refractivity contribution in [1.82, 2.24) is 9.97 Å². The van der Waals surface area contributed by atoms with Crippen LogP contribution < -0.4 is 11.2 Å². The Balaban J connectivity index is 2.30. The second-order valence-corrected chi connectivity index (χ2v) is 3.85. The van der Waals surface area contributed by atoms with Crippen molar-refractivity contribution in [3.05, 3.63) is 67.4 Å². The molecule has 2 aromatic rings. The molecule has 0 atom stereocenters. The summed E-state index contributed by atoms with van der Waals surface area (Å²) >= 11 is 5.75. The van der Waals surface area contributed by atoms with E-state index in [0.717, 1.165) is 5.56 Å². The molecule has 1 aromatic heterocycles. The fraction of sp³-hybridized carbons (Fsp3) is 0.0909. The minimum Gasteiger partial charge on any atom is -0.311 e. The topological polar surface area (TPSA) is 65.7 Å². The lowest BCUT2D eigenvalue weighted by Gasteiger charge is -2.00. The van der Waals surface area contributed by atoms with Crippen LogP contribution in [0.25, 0.3) is 0 Å². The van der Waals surface area contributed by atoms with Crippen LogP contribution in [0.2, 0.25) is 5.02 Å². The summed E-state index contributed by atoms with van der Waals surface area (Å²) in [7, 11) is 0. The highest BCUT2D eigenvalue weighted by Crippen LogP contribution is 2.11. The van der Waals surface area contributed by atoms with Crippen LogP contribution in [-0.2, 0) is 6.42 Å². The number of benzene rings is 1. The highest BCUT2D eigenvalue weighted by Gasteiger charge is 1.99. The highest BCUT2D eigenvalue weighted by molar-refractivity contribution is 6.30. The molecule has 82 valence electrons. The van der Waals surface area contributed by atoms with E-state index in [2.05, 4.69) is 9.97 Å². The van der Waals surface area contributed by atoms with Gasteiger partial charge >= 0.3 is 5.69 Å². The summed E-state index contributed by atoms with van der Waals surface area (Å²) in [6.45, 7) is 0. The Kier molecular flexibility index (Phi) is 2.92. The summed E-state index contributed by atoms with van der Waals surface area (Å²) < 4.78 is 0. The fourth-order valence-electron chi connectivity index (χ4n) is 1.44. The lowest BCUT2D eigenvalue weighted by atomic mass is 10.1. The number of halogens is 1. The molecule has 5 heteroatoms. The van der Waals surface area contributed by atoms with Gasteiger partial charge in [-0.05, 0) is 17.7 Å². The molecule has 2 rings (SSSR count). The molecule has 16 heavy (non-hydrogen) atoms. The SMILES string of the molecule is O=c1cc(Cc2ccc(Cl)cc2)[nH]c(=O)[nH]1. The summed E-state index contributed by atoms with van der Waals surface area (Å²) in [5, 5.41) is 0.656. The van der Waals surface area contributed by atoms with Crippen molar-refractivity contribution in [2.75, 3.05) is 0 Å². The average Bonchev–Trinajstić information content (AvgIpc) is 2.20. The van der Waals surface area contributed by atoms with Gasteiger partial charge in [0.2, 0.25) is 0 Å². The van der Waals surface area contributed by atoms with Crippen LogP contribution in [0.5, 0.6) is 0 Å². The Morgan fingerprint density at radius 2 is 1.75 bits per heavy atom. The summed E-state index contributed by atoms with van der Waals surface area (Å²) in [6.07, 6.45) is 0.496. The molecule has 2 N–H and O–H groups in total. The standard InChI is InChI=1S/C11H9ClN2O2/c12-8-3-1-7(2-4-8)5-9-6-10(15)14-11(16)13-9/h1-4,6H,5H2,(H2,13,14,15,16). The molecule has 0 radical (unpaired) electrons. The van der Waals surface area contributed by atoms with Crippen molar-refractivity contribution >= 4 is 11.6 Å². The summed E-state index contributed by atoms with van der Waals surface area (Å²) in [6, 6.07) is 8.60. The van der Waals surface area contributed by atoms with E-state index in [1.54, 1.807) is 12.1 Å². The molecule has 4 nitrogen and oxygen atoms in total. The van der Waals surface area contributed by atoms with Crippen molar-refractivity contribution in [1.29, 1.82) is 0 Å². The van der Waals surface area contributed by atoms with Gasteiger partial charge in [-0.2, -0.15) is 0 Å². The molecule has 0 aliphatic heterocycles. The number of rotatable bonds is 2. The third-order valence-electron chi connectivity index (χ3n) is 2.12. The number of nitrogens with one attached hydrogen (secondary N) is 2. The van der Waals surface area contributed by atoms with Crippen molar-refractivity contribution in [2.45, 2.75) is 6.42 Å². The fourth-order valence-corrected chi connectivity index (χ4v) is 1.56. The maximum Gasteiger partial charge on any atom is 0.325 e. The van der Waals surface area contributed by atoms with Crippen molar-refractivity contribution in [3.63, 3.8) is 0 Å². The molecular formula is C11H9ClN2O2. The van der Waals surface area contributed by atoms with Crippen molar-refractivity contribution in [2.24, 2.45) is 0 Å². The first-order valence-corrected chi connectivity index (χ1v) is 5.08. The maximum atomic E-state index is 11.1. The number of aromatic amines is 2. The van der Waals surface area contributed by atoms with Gasteiger partial charge in [0.05, 0.1) is 0 Å². The molecule has 0 aliphatic carbocycles. The van der Waals surface area contributed by atoms with Gasteiger partial charge < -0.3 is 4.98 Å². The van der Waals surface area contributed by atoms with E-state index in [9.17, 15) is 9.59 Å². The van der Waals surface area contributed by atoms with Gasteiger partial charge in [-0.3, -0.25) is 9.78 Å². The van der Waals surface area contributed by atoms with Crippen LogP contribution in [0.4, 0.5) is 0 Å². The van der Waals surface area contributed by atoms with Crippen LogP contribution in [0.15, 0.2) is 39.9 Å². The van der Waals surface area contributed by atoms with Crippen LogP contribution in [0.3, 0.4) is 0 Å². The summed E-state index contributed by atoms with van der Waals surface area (Å²) in [4.78, 5) is 26.8. The van der Waals surface area contributed by atoms with Gasteiger partial charge in [0.1, 0.15) is 0 Å². The first kappa shape index (κ1) is 10.7. The minimum absolute atomic E-state index is 0.396. The number of aromatic nitrogens is 2. The van der Waals surface area contributed by atoms with Gasteiger partial charge in [-0.1, -0.05) is 23.7 Å². The molecule has 0 amide bonds. The third kappa shape index (κ3) is 2.61. The Morgan fingerprint density at radius 1 is 1.06 bits per heavy atom. The van der Waals surface area contributed by atoms with Gasteiger partial charge in [0, 0.05) is 23.2 Å². The van der Waals surface area contributed by atoms with Gasteiger partial charge in [0.15, 0.2) is 0 Å². The van der Waals surface area contributed by atoms with E-state index in [1.807, 2.05) is 12.1 Å². The van der Waals surface area contributed by atoms with E-state index in [4.69, 9.17) is 11.6 Å². The zero-order chi connectivity index (χ0) is 11.5. The monoisotopic (exact) mass is 236 g/mol. The first-order valence-electron chi connectivity index (χ1n) is 4.70. The molecule has 0 saturated heterocycles. The zero-order valence-corrected chi connectivity index (χ0v) is 9.04. The molecule has 0 fully saturated rings. The molecule has 0 unspecified atom stereocenters. The molecule has 0 saturated carbocycles. The van der Waals surface area contributed by atoms with Crippen LogP contribution in [0.1, 0.15) is 11.3 Å². The summed E-state index contributed by atoms with van der Waals surface area (Å²) in [5.74, 6) is 0. The van der Waals surface area contributed by atoms with E-state index < -0.39 is 11.2 Å². The van der Waals surface area contributed by atoms with Gasteiger partial charge in [-0.15, -0.1) is 0 Å². The van der Waals surface area contributed by atoms with Crippen LogP contribution in [0, 0.1) is 0 Å². The Morgan fingerprint density at radius 3 is 2.38 bits per heavy atom. The third-order valence-corrected chi connectivity index (χ3v) is 2.38. The molecule has 0 aliphatic rings. The van der Waals surface area contributed by atoms with Gasteiger partial charge in [-0.25, -0.2) is 4.79 Å². The second kappa shape index (κ2) is 4.37. The quantitative estimate of drug-likeness (QED) is 0.826. The second-order valence-electron chi connectivity index (χ2n) is 3.42. The smallest absolute Gasteiger partial charge is 0.311 e. The molecular weight excluding hydrogens is 228 g/mol. The average molecular weight is 237 g/mol. The Labute approximate surface area is 95.9 Å². The van der Waals surface area contributed by atoms with Crippen molar-refractivity contribution in [3.8, 4) is 0 Å². The van der Waals surface area contributed by atoms with Gasteiger partial charge in [0.25, 0.3) is 5.56 Å². The largest absolute Gasteiger partial charge is 0.325 e. The summed E-state index contributed by atoms with van der Waals surface area (Å²) in [5.41, 5.74) is 0.672. The predicted molar refractivity (Wildman–Crippen MR) is 61.9 cm³/mol. The number of H-pyrrole nitrogens is 2. The van der Waals surface area contributed by atoms with E-state index in [1.165, 1.54) is 6.07 Å². The lowest BCUT2D eigenvalue weighted by molar-refractivity contribution is 0.953. The molecule has 0 bridgehead atoms. The molecule has 1 aromatic carbocycles. The Hall–Kier alpha value is -1.81. The molecule has 1 heterocycles. The number of hydrogen-bond acceptors (Lipinski definition) is 2. The predicted octanol–water partition coefficient (Wildman–Crippen LogP) is 1.31. The first-order chi connectivity index (χ1) is 7.63. The van der Waals surface area contributed by atoms with Crippen LogP contribution >= 0.6 is 11.6 Å². The van der Waals surface area contributed by atoms with E-state index in [0.29, 0.717) is 17.1 Å². The number of hydrogen-bond donors (Lipinski definition) is 2. The minimum atomic E-state index is -0.489. The van der Waals surface area contributed by atoms with Crippen molar-refractivity contribution < 1.29 is 0 Å². The zero-order valence-electron chi connectivity index (χ0n) is 8.29. The maximum absolute atomic E-state index is 11.1. The molecule has 0 spiro atoms. The normalized spacial score (nSPS) is 10.3. The lowest BCUT2D eigenvalue weighted by Crippen LogP contribution is -2.22. The van der Waals surface area contributed by atoms with Crippen LogP contribution in [-0.4, -0.2) is 9.97 Å². The van der Waals surface area contributed by atoms with E-state index >= 15 is 0 Å². The Bertz CT molecular complexity index is 570. The highest BCUT2D eigenvalue weighted by atomic mass is 35.5.